The molecule has 2 aromatic rings. The van der Waals surface area contributed by atoms with E-state index in [1.165, 1.54) is 6.07 Å². The highest BCUT2D eigenvalue weighted by atomic mass is 19.1. The van der Waals surface area contributed by atoms with E-state index in [-0.39, 0.29) is 5.82 Å². The molecule has 0 unspecified atom stereocenters. The summed E-state index contributed by atoms with van der Waals surface area (Å²) in [5.41, 5.74) is 1.68. The first-order chi connectivity index (χ1) is 7.75. The smallest absolute Gasteiger partial charge is 0.188 e. The maximum Gasteiger partial charge on any atom is 0.188 e. The lowest BCUT2D eigenvalue weighted by molar-refractivity contribution is 0.614. The Labute approximate surface area is 92.1 Å². The van der Waals surface area contributed by atoms with Crippen LogP contribution in [0.15, 0.2) is 18.2 Å². The normalized spacial score (nSPS) is 10.6. The lowest BCUT2D eigenvalue weighted by atomic mass is 10.1. The predicted octanol–water partition coefficient (Wildman–Crippen LogP) is 0.937. The molecule has 0 aliphatic rings. The summed E-state index contributed by atoms with van der Waals surface area (Å²) in [5.74, 6) is 0.431. The second kappa shape index (κ2) is 4.80. The minimum atomic E-state index is -0.179. The summed E-state index contributed by atoms with van der Waals surface area (Å²) in [6, 6.07) is 5.05. The number of halogens is 1. The molecule has 1 aromatic heterocycles. The van der Waals surface area contributed by atoms with Crippen LogP contribution in [0.1, 0.15) is 17.0 Å². The lowest BCUT2D eigenvalue weighted by Gasteiger charge is -2.04. The number of tetrazole rings is 1. The van der Waals surface area contributed by atoms with Crippen molar-refractivity contribution in [2.45, 2.75) is 20.0 Å². The molecule has 0 atom stereocenters. The second-order valence-corrected chi connectivity index (χ2v) is 3.52. The molecule has 16 heavy (non-hydrogen) atoms. The monoisotopic (exact) mass is 221 g/mol. The van der Waals surface area contributed by atoms with Gasteiger partial charge in [-0.25, -0.2) is 4.39 Å². The van der Waals surface area contributed by atoms with Gasteiger partial charge in [-0.15, -0.1) is 10.2 Å². The van der Waals surface area contributed by atoms with Crippen molar-refractivity contribution >= 4 is 0 Å². The molecule has 2 rings (SSSR count). The number of aromatic nitrogens is 4. The van der Waals surface area contributed by atoms with Crippen molar-refractivity contribution in [3.8, 4) is 0 Å². The van der Waals surface area contributed by atoms with Crippen molar-refractivity contribution in [1.29, 1.82) is 0 Å². The molecule has 0 spiro atoms. The summed E-state index contributed by atoms with van der Waals surface area (Å²) < 4.78 is 13.0. The third-order valence-corrected chi connectivity index (χ3v) is 2.22. The number of nitrogens with zero attached hydrogens (tertiary/aromatic N) is 3. The number of hydrogen-bond donors (Lipinski definition) is 2. The van der Waals surface area contributed by atoms with E-state index in [2.05, 4.69) is 25.9 Å². The average Bonchev–Trinajstić information content (AvgIpc) is 2.76. The van der Waals surface area contributed by atoms with Crippen LogP contribution in [0, 0.1) is 12.7 Å². The van der Waals surface area contributed by atoms with E-state index in [0.717, 1.165) is 5.56 Å². The summed E-state index contributed by atoms with van der Waals surface area (Å²) in [4.78, 5) is 0. The number of aromatic amines is 1. The van der Waals surface area contributed by atoms with E-state index in [4.69, 9.17) is 0 Å². The molecule has 1 heterocycles. The zero-order valence-corrected chi connectivity index (χ0v) is 8.87. The highest BCUT2D eigenvalue weighted by molar-refractivity contribution is 5.23. The van der Waals surface area contributed by atoms with Crippen molar-refractivity contribution in [1.82, 2.24) is 25.9 Å². The number of H-pyrrole nitrogens is 1. The number of rotatable bonds is 4. The van der Waals surface area contributed by atoms with Crippen molar-refractivity contribution in [2.24, 2.45) is 0 Å². The Bertz CT molecular complexity index is 454. The van der Waals surface area contributed by atoms with Crippen molar-refractivity contribution in [2.75, 3.05) is 0 Å². The van der Waals surface area contributed by atoms with Crippen LogP contribution >= 0.6 is 0 Å². The van der Waals surface area contributed by atoms with Gasteiger partial charge in [0.2, 0.25) is 0 Å². The van der Waals surface area contributed by atoms with E-state index < -0.39 is 0 Å². The molecule has 2 N–H and O–H groups in total. The summed E-state index contributed by atoms with van der Waals surface area (Å²) in [6.45, 7) is 2.93. The van der Waals surface area contributed by atoms with E-state index in [0.29, 0.717) is 24.5 Å². The number of benzene rings is 1. The van der Waals surface area contributed by atoms with E-state index in [1.54, 1.807) is 13.0 Å². The fourth-order valence-electron chi connectivity index (χ4n) is 1.39. The van der Waals surface area contributed by atoms with Crippen LogP contribution in [0.2, 0.25) is 0 Å². The SMILES string of the molecule is Cc1cc(CNCc2nn[nH]n2)ccc1F. The molecule has 0 radical (unpaired) electrons. The minimum Gasteiger partial charge on any atom is -0.306 e. The largest absolute Gasteiger partial charge is 0.306 e. The molecule has 1 aromatic carbocycles. The maximum absolute atomic E-state index is 13.0. The molecule has 0 bridgehead atoms. The summed E-state index contributed by atoms with van der Waals surface area (Å²) in [5, 5.41) is 16.6. The fraction of sp³-hybridized carbons (Fsp3) is 0.300. The molecule has 5 nitrogen and oxygen atoms in total. The molecule has 0 amide bonds. The number of hydrogen-bond acceptors (Lipinski definition) is 4. The first-order valence-corrected chi connectivity index (χ1v) is 4.94. The van der Waals surface area contributed by atoms with Gasteiger partial charge in [0.1, 0.15) is 5.82 Å². The standard InChI is InChI=1S/C10H12FN5/c1-7-4-8(2-3-9(7)11)5-12-6-10-13-15-16-14-10/h2-4,12H,5-6H2,1H3,(H,13,14,15,16). The molecule has 0 saturated heterocycles. The van der Waals surface area contributed by atoms with E-state index in [1.807, 2.05) is 6.07 Å². The van der Waals surface area contributed by atoms with Gasteiger partial charge in [0.25, 0.3) is 0 Å². The Morgan fingerprint density at radius 3 is 2.94 bits per heavy atom. The minimum absolute atomic E-state index is 0.179. The van der Waals surface area contributed by atoms with Crippen LogP contribution < -0.4 is 5.32 Å². The summed E-state index contributed by atoms with van der Waals surface area (Å²) in [6.07, 6.45) is 0. The highest BCUT2D eigenvalue weighted by Crippen LogP contribution is 2.08. The summed E-state index contributed by atoms with van der Waals surface area (Å²) in [7, 11) is 0. The van der Waals surface area contributed by atoms with Gasteiger partial charge in [0, 0.05) is 6.54 Å². The molecule has 0 aliphatic heterocycles. The van der Waals surface area contributed by atoms with Gasteiger partial charge >= 0.3 is 0 Å². The molecule has 0 fully saturated rings. The Balaban J connectivity index is 1.87. The third-order valence-electron chi connectivity index (χ3n) is 2.22. The van der Waals surface area contributed by atoms with E-state index in [9.17, 15) is 4.39 Å². The Kier molecular flexibility index (Phi) is 3.21. The highest BCUT2D eigenvalue weighted by Gasteiger charge is 2.00. The van der Waals surface area contributed by atoms with E-state index >= 15 is 0 Å². The summed E-state index contributed by atoms with van der Waals surface area (Å²) >= 11 is 0. The molecule has 0 aliphatic carbocycles. The topological polar surface area (TPSA) is 66.5 Å². The van der Waals surface area contributed by atoms with Crippen LogP contribution in [-0.4, -0.2) is 20.6 Å². The predicted molar refractivity (Wildman–Crippen MR) is 55.9 cm³/mol. The molecular formula is C10H12FN5. The number of aryl methyl sites for hydroxylation is 1. The molecule has 0 saturated carbocycles. The quantitative estimate of drug-likeness (QED) is 0.806. The van der Waals surface area contributed by atoms with Gasteiger partial charge in [-0.3, -0.25) is 0 Å². The van der Waals surface area contributed by atoms with Crippen molar-refractivity contribution < 1.29 is 4.39 Å². The van der Waals surface area contributed by atoms with Crippen LogP contribution in [0.3, 0.4) is 0 Å². The Morgan fingerprint density at radius 1 is 1.38 bits per heavy atom. The first-order valence-electron chi connectivity index (χ1n) is 4.94. The lowest BCUT2D eigenvalue weighted by Crippen LogP contribution is -2.14. The Morgan fingerprint density at radius 2 is 2.25 bits per heavy atom. The van der Waals surface area contributed by atoms with Gasteiger partial charge in [-0.05, 0) is 24.1 Å². The Hall–Kier alpha value is -1.82. The molecular weight excluding hydrogens is 209 g/mol. The van der Waals surface area contributed by atoms with Gasteiger partial charge in [-0.2, -0.15) is 5.21 Å². The van der Waals surface area contributed by atoms with Crippen molar-refractivity contribution in [3.63, 3.8) is 0 Å². The number of nitrogens with one attached hydrogen (secondary N) is 2. The van der Waals surface area contributed by atoms with Gasteiger partial charge < -0.3 is 5.32 Å². The van der Waals surface area contributed by atoms with Gasteiger partial charge in [0.15, 0.2) is 5.82 Å². The maximum atomic E-state index is 13.0. The van der Waals surface area contributed by atoms with Crippen LogP contribution in [0.5, 0.6) is 0 Å². The molecule has 84 valence electrons. The first kappa shape index (κ1) is 10.7. The van der Waals surface area contributed by atoms with Crippen LogP contribution in [-0.2, 0) is 13.1 Å². The van der Waals surface area contributed by atoms with Gasteiger partial charge in [0.05, 0.1) is 6.54 Å². The zero-order chi connectivity index (χ0) is 11.4. The van der Waals surface area contributed by atoms with Crippen LogP contribution in [0.4, 0.5) is 4.39 Å². The van der Waals surface area contributed by atoms with Crippen LogP contribution in [0.25, 0.3) is 0 Å². The average molecular weight is 221 g/mol. The van der Waals surface area contributed by atoms with Gasteiger partial charge in [-0.1, -0.05) is 17.3 Å². The molecule has 6 heteroatoms. The third kappa shape index (κ3) is 2.60. The second-order valence-electron chi connectivity index (χ2n) is 3.52. The zero-order valence-electron chi connectivity index (χ0n) is 8.87. The fourth-order valence-corrected chi connectivity index (χ4v) is 1.39. The van der Waals surface area contributed by atoms with Crippen molar-refractivity contribution in [3.05, 3.63) is 41.0 Å².